The molecule has 1 N–H and O–H groups in total. The first-order valence-electron chi connectivity index (χ1n) is 9.88. The van der Waals surface area contributed by atoms with E-state index in [4.69, 9.17) is 0 Å². The van der Waals surface area contributed by atoms with Crippen molar-refractivity contribution in [3.05, 3.63) is 35.6 Å². The van der Waals surface area contributed by atoms with E-state index >= 15 is 0 Å². The van der Waals surface area contributed by atoms with E-state index in [1.807, 2.05) is 15.9 Å². The Morgan fingerprint density at radius 3 is 2.52 bits per heavy atom. The Balaban J connectivity index is 1.34. The zero-order chi connectivity index (χ0) is 18.8. The zero-order valence-corrected chi connectivity index (χ0v) is 15.6. The van der Waals surface area contributed by atoms with Crippen LogP contribution in [0.3, 0.4) is 0 Å². The van der Waals surface area contributed by atoms with Crippen LogP contribution in [0, 0.1) is 11.7 Å². The number of amides is 2. The molecular formula is C20H27FN4O2. The van der Waals surface area contributed by atoms with E-state index in [2.05, 4.69) is 10.2 Å². The van der Waals surface area contributed by atoms with Crippen LogP contribution >= 0.6 is 0 Å². The van der Waals surface area contributed by atoms with Crippen LogP contribution in [0.25, 0.3) is 0 Å². The smallest absolute Gasteiger partial charge is 0.236 e. The van der Waals surface area contributed by atoms with E-state index in [0.717, 1.165) is 31.5 Å². The van der Waals surface area contributed by atoms with Gasteiger partial charge < -0.3 is 15.1 Å². The van der Waals surface area contributed by atoms with Crippen molar-refractivity contribution in [2.24, 2.45) is 5.92 Å². The minimum absolute atomic E-state index is 0.00358. The van der Waals surface area contributed by atoms with Gasteiger partial charge in [0.1, 0.15) is 5.82 Å². The maximum absolute atomic E-state index is 13.6. The second-order valence-corrected chi connectivity index (χ2v) is 7.73. The molecule has 0 radical (unpaired) electrons. The SMILES string of the molecule is O=C(CN1CCNCC1c1cccc(F)c1)N1CCN(C(=O)C2CC2)CC1. The summed E-state index contributed by atoms with van der Waals surface area (Å²) in [6, 6.07) is 6.63. The molecule has 1 aromatic rings. The first-order chi connectivity index (χ1) is 13.1. The molecule has 146 valence electrons. The van der Waals surface area contributed by atoms with Crippen molar-refractivity contribution in [3.8, 4) is 0 Å². The Morgan fingerprint density at radius 1 is 1.07 bits per heavy atom. The fourth-order valence-electron chi connectivity index (χ4n) is 4.02. The molecule has 27 heavy (non-hydrogen) atoms. The molecule has 1 unspecified atom stereocenters. The van der Waals surface area contributed by atoms with Gasteiger partial charge in [0.05, 0.1) is 6.54 Å². The fourth-order valence-corrected chi connectivity index (χ4v) is 4.02. The van der Waals surface area contributed by atoms with Crippen LogP contribution in [0.1, 0.15) is 24.4 Å². The number of carbonyl (C=O) groups is 2. The van der Waals surface area contributed by atoms with Crippen LogP contribution in [-0.4, -0.2) is 78.9 Å². The molecule has 1 aromatic carbocycles. The number of hydrogen-bond donors (Lipinski definition) is 1. The summed E-state index contributed by atoms with van der Waals surface area (Å²) in [5, 5.41) is 3.34. The van der Waals surface area contributed by atoms with Gasteiger partial charge in [-0.3, -0.25) is 14.5 Å². The number of nitrogens with one attached hydrogen (secondary N) is 1. The highest BCUT2D eigenvalue weighted by Crippen LogP contribution is 2.31. The molecular weight excluding hydrogens is 347 g/mol. The van der Waals surface area contributed by atoms with E-state index < -0.39 is 0 Å². The number of halogens is 1. The van der Waals surface area contributed by atoms with Crippen LogP contribution in [-0.2, 0) is 9.59 Å². The highest BCUT2D eigenvalue weighted by molar-refractivity contribution is 5.82. The van der Waals surface area contributed by atoms with E-state index in [1.165, 1.54) is 6.07 Å². The van der Waals surface area contributed by atoms with Crippen molar-refractivity contribution in [3.63, 3.8) is 0 Å². The summed E-state index contributed by atoms with van der Waals surface area (Å²) in [5.74, 6) is 0.341. The Bertz CT molecular complexity index is 701. The molecule has 2 amide bonds. The average Bonchev–Trinajstić information content (AvgIpc) is 3.53. The summed E-state index contributed by atoms with van der Waals surface area (Å²) in [7, 11) is 0. The highest BCUT2D eigenvalue weighted by Gasteiger charge is 2.35. The van der Waals surface area contributed by atoms with Gasteiger partial charge in [-0.2, -0.15) is 0 Å². The number of hydrogen-bond acceptors (Lipinski definition) is 4. The standard InChI is InChI=1S/C20H27FN4O2/c21-17-3-1-2-16(12-17)18-13-22-6-7-25(18)14-19(26)23-8-10-24(11-9-23)20(27)15-4-5-15/h1-3,12,15,18,22H,4-11,13-14H2. The maximum Gasteiger partial charge on any atom is 0.236 e. The lowest BCUT2D eigenvalue weighted by Gasteiger charge is -2.39. The predicted octanol–water partition coefficient (Wildman–Crippen LogP) is 0.853. The Morgan fingerprint density at radius 2 is 1.81 bits per heavy atom. The molecule has 6 nitrogen and oxygen atoms in total. The summed E-state index contributed by atoms with van der Waals surface area (Å²) in [4.78, 5) is 30.9. The summed E-state index contributed by atoms with van der Waals surface area (Å²) in [6.45, 7) is 5.10. The van der Waals surface area contributed by atoms with Gasteiger partial charge in [0.15, 0.2) is 0 Å². The maximum atomic E-state index is 13.6. The van der Waals surface area contributed by atoms with Gasteiger partial charge in [-0.1, -0.05) is 12.1 Å². The van der Waals surface area contributed by atoms with Crippen molar-refractivity contribution in [2.75, 3.05) is 52.4 Å². The number of nitrogens with zero attached hydrogens (tertiary/aromatic N) is 3. The molecule has 1 atom stereocenters. The first kappa shape index (κ1) is 18.4. The molecule has 3 aliphatic rings. The van der Waals surface area contributed by atoms with Crippen LogP contribution < -0.4 is 5.32 Å². The Labute approximate surface area is 159 Å². The summed E-state index contributed by atoms with van der Waals surface area (Å²) < 4.78 is 13.6. The molecule has 2 aliphatic heterocycles. The lowest BCUT2D eigenvalue weighted by atomic mass is 10.0. The van der Waals surface area contributed by atoms with Gasteiger partial charge in [-0.15, -0.1) is 0 Å². The van der Waals surface area contributed by atoms with E-state index in [9.17, 15) is 14.0 Å². The number of rotatable bonds is 4. The topological polar surface area (TPSA) is 55.9 Å². The minimum atomic E-state index is -0.249. The molecule has 4 rings (SSSR count). The van der Waals surface area contributed by atoms with Crippen LogP contribution in [0.15, 0.2) is 24.3 Å². The average molecular weight is 374 g/mol. The quantitative estimate of drug-likeness (QED) is 0.849. The molecule has 0 spiro atoms. The molecule has 2 saturated heterocycles. The summed E-state index contributed by atoms with van der Waals surface area (Å²) in [6.07, 6.45) is 2.03. The van der Waals surface area contributed by atoms with Crippen molar-refractivity contribution in [1.82, 2.24) is 20.0 Å². The van der Waals surface area contributed by atoms with Crippen LogP contribution in [0.5, 0.6) is 0 Å². The second kappa shape index (κ2) is 7.94. The molecule has 0 aromatic heterocycles. The normalized spacial score (nSPS) is 24.1. The van der Waals surface area contributed by atoms with Gasteiger partial charge in [-0.25, -0.2) is 4.39 Å². The van der Waals surface area contributed by atoms with Gasteiger partial charge in [0.2, 0.25) is 11.8 Å². The number of carbonyl (C=O) groups excluding carboxylic acids is 2. The van der Waals surface area contributed by atoms with Gasteiger partial charge in [-0.05, 0) is 30.5 Å². The number of piperazine rings is 2. The van der Waals surface area contributed by atoms with Crippen LogP contribution in [0.4, 0.5) is 4.39 Å². The third kappa shape index (κ3) is 4.30. The summed E-state index contributed by atoms with van der Waals surface area (Å²) in [5.41, 5.74) is 0.898. The van der Waals surface area contributed by atoms with Crippen molar-refractivity contribution in [2.45, 2.75) is 18.9 Å². The molecule has 2 heterocycles. The third-order valence-electron chi connectivity index (χ3n) is 5.80. The van der Waals surface area contributed by atoms with Gasteiger partial charge in [0.25, 0.3) is 0 Å². The largest absolute Gasteiger partial charge is 0.339 e. The Hall–Kier alpha value is -1.99. The zero-order valence-electron chi connectivity index (χ0n) is 15.6. The minimum Gasteiger partial charge on any atom is -0.339 e. The van der Waals surface area contributed by atoms with Gasteiger partial charge in [0, 0.05) is 57.8 Å². The van der Waals surface area contributed by atoms with E-state index in [0.29, 0.717) is 39.3 Å². The summed E-state index contributed by atoms with van der Waals surface area (Å²) >= 11 is 0. The lowest BCUT2D eigenvalue weighted by Crippen LogP contribution is -2.55. The van der Waals surface area contributed by atoms with Crippen molar-refractivity contribution in [1.29, 1.82) is 0 Å². The molecule has 1 aliphatic carbocycles. The monoisotopic (exact) mass is 374 g/mol. The van der Waals surface area contributed by atoms with E-state index in [1.54, 1.807) is 12.1 Å². The second-order valence-electron chi connectivity index (χ2n) is 7.73. The molecule has 1 saturated carbocycles. The Kier molecular flexibility index (Phi) is 5.41. The first-order valence-corrected chi connectivity index (χ1v) is 9.88. The predicted molar refractivity (Wildman–Crippen MR) is 99.5 cm³/mol. The fraction of sp³-hybridized carbons (Fsp3) is 0.600. The number of benzene rings is 1. The molecule has 7 heteroatoms. The van der Waals surface area contributed by atoms with Gasteiger partial charge >= 0.3 is 0 Å². The van der Waals surface area contributed by atoms with E-state index in [-0.39, 0.29) is 29.6 Å². The third-order valence-corrected chi connectivity index (χ3v) is 5.80. The van der Waals surface area contributed by atoms with Crippen LogP contribution in [0.2, 0.25) is 0 Å². The molecule has 3 fully saturated rings. The van der Waals surface area contributed by atoms with Crippen molar-refractivity contribution < 1.29 is 14.0 Å². The lowest BCUT2D eigenvalue weighted by molar-refractivity contribution is -0.141. The highest BCUT2D eigenvalue weighted by atomic mass is 19.1. The van der Waals surface area contributed by atoms with Crippen molar-refractivity contribution >= 4 is 11.8 Å². The molecule has 0 bridgehead atoms.